The van der Waals surface area contributed by atoms with E-state index >= 15 is 0 Å². The standard InChI is InChI=1S/C30H50N4O4/c1-5-24(3)15-23-38-22-10-9-14-27(32-29(36)26-13-8-7-12-25(26)6-2)28(35)30(37)31-16-11-17-34-20-18-33(4)19-21-34/h7-8,12-13,24,27H,5-6,9-11,14-23H2,1-4H3,(H,31,37)(H,32,36). The summed E-state index contributed by atoms with van der Waals surface area (Å²) in [7, 11) is 2.13. The maximum atomic E-state index is 13.1. The van der Waals surface area contributed by atoms with Gasteiger partial charge in [0, 0.05) is 51.5 Å². The molecule has 0 radical (unpaired) electrons. The minimum absolute atomic E-state index is 0.312. The number of rotatable bonds is 18. The Morgan fingerprint density at radius 3 is 2.42 bits per heavy atom. The van der Waals surface area contributed by atoms with Gasteiger partial charge in [0.25, 0.3) is 11.8 Å². The van der Waals surface area contributed by atoms with Crippen molar-refractivity contribution in [3.05, 3.63) is 35.4 Å². The Hall–Kier alpha value is -2.29. The van der Waals surface area contributed by atoms with E-state index in [1.54, 1.807) is 6.07 Å². The van der Waals surface area contributed by atoms with Crippen molar-refractivity contribution in [1.82, 2.24) is 20.4 Å². The number of nitrogens with zero attached hydrogens (tertiary/aromatic N) is 2. The van der Waals surface area contributed by atoms with Crippen LogP contribution < -0.4 is 10.6 Å². The fourth-order valence-electron chi connectivity index (χ4n) is 4.52. The van der Waals surface area contributed by atoms with Gasteiger partial charge in [-0.3, -0.25) is 14.4 Å². The first-order valence-corrected chi connectivity index (χ1v) is 14.5. The molecule has 1 aliphatic heterocycles. The predicted molar refractivity (Wildman–Crippen MR) is 152 cm³/mol. The van der Waals surface area contributed by atoms with E-state index in [1.807, 2.05) is 25.1 Å². The topological polar surface area (TPSA) is 91.0 Å². The van der Waals surface area contributed by atoms with Gasteiger partial charge in [-0.15, -0.1) is 0 Å². The zero-order chi connectivity index (χ0) is 27.8. The number of ether oxygens (including phenoxy) is 1. The summed E-state index contributed by atoms with van der Waals surface area (Å²) >= 11 is 0. The zero-order valence-corrected chi connectivity index (χ0v) is 24.1. The Morgan fingerprint density at radius 1 is 0.974 bits per heavy atom. The third kappa shape index (κ3) is 11.6. The monoisotopic (exact) mass is 530 g/mol. The Kier molecular flexibility index (Phi) is 15.2. The molecule has 0 spiro atoms. The summed E-state index contributed by atoms with van der Waals surface area (Å²) in [6, 6.07) is 6.53. The first-order valence-electron chi connectivity index (χ1n) is 14.5. The van der Waals surface area contributed by atoms with Crippen LogP contribution in [0.15, 0.2) is 24.3 Å². The molecular formula is C30H50N4O4. The minimum atomic E-state index is -0.856. The predicted octanol–water partition coefficient (Wildman–Crippen LogP) is 3.29. The fourth-order valence-corrected chi connectivity index (χ4v) is 4.52. The molecular weight excluding hydrogens is 480 g/mol. The Morgan fingerprint density at radius 2 is 1.71 bits per heavy atom. The zero-order valence-electron chi connectivity index (χ0n) is 24.1. The maximum Gasteiger partial charge on any atom is 0.289 e. The van der Waals surface area contributed by atoms with Gasteiger partial charge in [0.05, 0.1) is 6.04 Å². The van der Waals surface area contributed by atoms with Crippen LogP contribution in [0.4, 0.5) is 0 Å². The molecule has 2 amide bonds. The largest absolute Gasteiger partial charge is 0.381 e. The third-order valence-electron chi connectivity index (χ3n) is 7.50. The van der Waals surface area contributed by atoms with Crippen molar-refractivity contribution in [2.75, 3.05) is 59.5 Å². The van der Waals surface area contributed by atoms with E-state index in [4.69, 9.17) is 4.74 Å². The summed E-state index contributed by atoms with van der Waals surface area (Å²) in [4.78, 5) is 43.6. The van der Waals surface area contributed by atoms with Crippen molar-refractivity contribution >= 4 is 17.6 Å². The lowest BCUT2D eigenvalue weighted by molar-refractivity contribution is -0.139. The van der Waals surface area contributed by atoms with Gasteiger partial charge in [0.15, 0.2) is 0 Å². The summed E-state index contributed by atoms with van der Waals surface area (Å²) in [6.07, 6.45) is 5.56. The molecule has 214 valence electrons. The van der Waals surface area contributed by atoms with E-state index in [2.05, 4.69) is 41.3 Å². The molecule has 0 bridgehead atoms. The van der Waals surface area contributed by atoms with Gasteiger partial charge in [0.2, 0.25) is 5.78 Å². The number of nitrogens with one attached hydrogen (secondary N) is 2. The second kappa shape index (κ2) is 18.1. The van der Waals surface area contributed by atoms with E-state index in [0.29, 0.717) is 43.9 Å². The van der Waals surface area contributed by atoms with Gasteiger partial charge in [-0.1, -0.05) is 45.4 Å². The summed E-state index contributed by atoms with van der Waals surface area (Å²) in [5.41, 5.74) is 1.47. The Balaban J connectivity index is 1.86. The van der Waals surface area contributed by atoms with Crippen molar-refractivity contribution in [2.45, 2.75) is 71.8 Å². The molecule has 1 aliphatic rings. The minimum Gasteiger partial charge on any atom is -0.381 e. The normalized spacial score (nSPS) is 16.1. The van der Waals surface area contributed by atoms with Crippen molar-refractivity contribution in [2.24, 2.45) is 5.92 Å². The third-order valence-corrected chi connectivity index (χ3v) is 7.50. The first-order chi connectivity index (χ1) is 18.3. The van der Waals surface area contributed by atoms with Crippen LogP contribution in [0.25, 0.3) is 0 Å². The summed E-state index contributed by atoms with van der Waals surface area (Å²) < 4.78 is 5.74. The van der Waals surface area contributed by atoms with Gasteiger partial charge in [-0.05, 0) is 69.7 Å². The van der Waals surface area contributed by atoms with E-state index in [1.165, 1.54) is 0 Å². The average Bonchev–Trinajstić information content (AvgIpc) is 2.94. The lowest BCUT2D eigenvalue weighted by Gasteiger charge is -2.32. The lowest BCUT2D eigenvalue weighted by Crippen LogP contribution is -2.48. The number of Topliss-reactive ketones (excluding diaryl/α,β-unsaturated/α-hetero) is 1. The SMILES string of the molecule is CCc1ccccc1C(=O)NC(CCCCOCCC(C)CC)C(=O)C(=O)NCCCN1CCN(C)CC1. The fraction of sp³-hybridized carbons (Fsp3) is 0.700. The number of piperazine rings is 1. The number of aryl methyl sites for hydroxylation is 1. The van der Waals surface area contributed by atoms with Crippen molar-refractivity contribution in [3.8, 4) is 0 Å². The Bertz CT molecular complexity index is 854. The molecule has 8 nitrogen and oxygen atoms in total. The highest BCUT2D eigenvalue weighted by atomic mass is 16.5. The highest BCUT2D eigenvalue weighted by Crippen LogP contribution is 2.12. The quantitative estimate of drug-likeness (QED) is 0.224. The number of carbonyl (C=O) groups is 3. The average molecular weight is 531 g/mol. The molecule has 1 fully saturated rings. The van der Waals surface area contributed by atoms with Gasteiger partial charge < -0.3 is 25.2 Å². The Labute approximate surface area is 229 Å². The van der Waals surface area contributed by atoms with E-state index < -0.39 is 17.7 Å². The number of hydrogen-bond acceptors (Lipinski definition) is 6. The smallest absolute Gasteiger partial charge is 0.289 e. The van der Waals surface area contributed by atoms with E-state index in [-0.39, 0.29) is 5.91 Å². The highest BCUT2D eigenvalue weighted by molar-refractivity contribution is 6.38. The second-order valence-electron chi connectivity index (χ2n) is 10.6. The molecule has 1 saturated heterocycles. The number of hydrogen-bond donors (Lipinski definition) is 2. The van der Waals surface area contributed by atoms with Crippen LogP contribution in [0.1, 0.15) is 75.2 Å². The van der Waals surface area contributed by atoms with Gasteiger partial charge in [-0.25, -0.2) is 0 Å². The van der Waals surface area contributed by atoms with Crippen LogP contribution in [0.3, 0.4) is 0 Å². The first kappa shape index (κ1) is 31.9. The number of unbranched alkanes of at least 4 members (excludes halogenated alkanes) is 1. The lowest BCUT2D eigenvalue weighted by atomic mass is 10.0. The van der Waals surface area contributed by atoms with E-state index in [0.717, 1.165) is 70.6 Å². The highest BCUT2D eigenvalue weighted by Gasteiger charge is 2.27. The van der Waals surface area contributed by atoms with Crippen molar-refractivity contribution in [3.63, 3.8) is 0 Å². The molecule has 0 aliphatic carbocycles. The molecule has 8 heteroatoms. The molecule has 1 heterocycles. The number of ketones is 1. The summed E-state index contributed by atoms with van der Waals surface area (Å²) in [5.74, 6) is -0.862. The molecule has 2 atom stereocenters. The molecule has 0 saturated carbocycles. The number of carbonyl (C=O) groups excluding carboxylic acids is 3. The van der Waals surface area contributed by atoms with Gasteiger partial charge >= 0.3 is 0 Å². The van der Waals surface area contributed by atoms with Crippen LogP contribution in [-0.2, 0) is 20.7 Å². The molecule has 38 heavy (non-hydrogen) atoms. The summed E-state index contributed by atoms with van der Waals surface area (Å²) in [5, 5.41) is 5.64. The number of likely N-dealkylation sites (N-methyl/N-ethyl adjacent to an activating group) is 1. The van der Waals surface area contributed by atoms with Crippen LogP contribution in [0.2, 0.25) is 0 Å². The maximum absolute atomic E-state index is 13.1. The molecule has 1 aromatic rings. The van der Waals surface area contributed by atoms with Crippen molar-refractivity contribution in [1.29, 1.82) is 0 Å². The van der Waals surface area contributed by atoms with Crippen LogP contribution in [0, 0.1) is 5.92 Å². The number of amides is 2. The molecule has 2 rings (SSSR count). The van der Waals surface area contributed by atoms with Crippen molar-refractivity contribution < 1.29 is 19.1 Å². The van der Waals surface area contributed by atoms with Crippen LogP contribution >= 0.6 is 0 Å². The second-order valence-corrected chi connectivity index (χ2v) is 10.6. The molecule has 0 aromatic heterocycles. The van der Waals surface area contributed by atoms with Crippen LogP contribution in [-0.4, -0.2) is 93.0 Å². The molecule has 2 unspecified atom stereocenters. The summed E-state index contributed by atoms with van der Waals surface area (Å²) in [6.45, 7) is 13.2. The van der Waals surface area contributed by atoms with Crippen LogP contribution in [0.5, 0.6) is 0 Å². The number of benzene rings is 1. The molecule has 2 N–H and O–H groups in total. The van der Waals surface area contributed by atoms with Gasteiger partial charge in [-0.2, -0.15) is 0 Å². The van der Waals surface area contributed by atoms with E-state index in [9.17, 15) is 14.4 Å². The molecule has 1 aromatic carbocycles. The van der Waals surface area contributed by atoms with Gasteiger partial charge in [0.1, 0.15) is 0 Å².